The average molecular weight is 369 g/mol. The Hall–Kier alpha value is -2.68. The van der Waals surface area contributed by atoms with Gasteiger partial charge in [0.15, 0.2) is 11.5 Å². The third-order valence-electron chi connectivity index (χ3n) is 5.75. The Bertz CT molecular complexity index is 911. The van der Waals surface area contributed by atoms with Crippen molar-refractivity contribution in [3.63, 3.8) is 0 Å². The Morgan fingerprint density at radius 2 is 2.04 bits per heavy atom. The van der Waals surface area contributed by atoms with Crippen molar-refractivity contribution in [2.75, 3.05) is 18.2 Å². The summed E-state index contributed by atoms with van der Waals surface area (Å²) in [6, 6.07) is 1.83. The number of anilines is 1. The lowest BCUT2D eigenvalue weighted by Crippen LogP contribution is -2.38. The summed E-state index contributed by atoms with van der Waals surface area (Å²) in [7, 11) is 0. The molecule has 4 aliphatic rings. The average Bonchev–Trinajstić information content (AvgIpc) is 3.13. The zero-order valence-corrected chi connectivity index (χ0v) is 14.7. The molecular formula is C18H19N5O4. The highest BCUT2D eigenvalue weighted by Gasteiger charge is 2.52. The number of ether oxygens (including phenoxy) is 2. The van der Waals surface area contributed by atoms with Gasteiger partial charge in [-0.25, -0.2) is 4.90 Å². The summed E-state index contributed by atoms with van der Waals surface area (Å²) >= 11 is 0. The molecule has 1 saturated carbocycles. The third kappa shape index (κ3) is 2.27. The molecule has 3 aliphatic heterocycles. The number of nitrogens with zero attached hydrogens (tertiary/aromatic N) is 5. The predicted octanol–water partition coefficient (Wildman–Crippen LogP) is 1.97. The van der Waals surface area contributed by atoms with Gasteiger partial charge in [0.1, 0.15) is 11.9 Å². The number of amides is 1. The number of carbonyl (C=O) groups is 1. The third-order valence-corrected chi connectivity index (χ3v) is 5.75. The van der Waals surface area contributed by atoms with Gasteiger partial charge in [-0.2, -0.15) is 0 Å². The van der Waals surface area contributed by atoms with Crippen LogP contribution in [0.2, 0.25) is 0 Å². The fraction of sp³-hybridized carbons (Fsp3) is 0.556. The van der Waals surface area contributed by atoms with Gasteiger partial charge in [0.05, 0.1) is 6.04 Å². The second kappa shape index (κ2) is 5.66. The quantitative estimate of drug-likeness (QED) is 0.811. The van der Waals surface area contributed by atoms with Crippen LogP contribution in [-0.2, 0) is 4.79 Å². The van der Waals surface area contributed by atoms with E-state index in [0.29, 0.717) is 29.0 Å². The van der Waals surface area contributed by atoms with E-state index < -0.39 is 6.17 Å². The zero-order valence-electron chi connectivity index (χ0n) is 14.7. The summed E-state index contributed by atoms with van der Waals surface area (Å²) in [6.45, 7) is 0.970. The topological polar surface area (TPSA) is 93.8 Å². The number of pyridine rings is 1. The molecule has 3 fully saturated rings. The van der Waals surface area contributed by atoms with Gasteiger partial charge >= 0.3 is 6.01 Å². The summed E-state index contributed by atoms with van der Waals surface area (Å²) < 4.78 is 17.1. The fourth-order valence-corrected chi connectivity index (χ4v) is 4.28. The van der Waals surface area contributed by atoms with E-state index in [0.717, 1.165) is 38.6 Å². The predicted molar refractivity (Wildman–Crippen MR) is 91.2 cm³/mol. The maximum Gasteiger partial charge on any atom is 0.326 e. The Kier molecular flexibility index (Phi) is 3.22. The molecule has 2 atom stereocenters. The molecule has 2 saturated heterocycles. The Morgan fingerprint density at radius 3 is 2.93 bits per heavy atom. The summed E-state index contributed by atoms with van der Waals surface area (Å²) in [5.41, 5.74) is 0.661. The molecule has 1 amide bonds. The highest BCUT2D eigenvalue weighted by molar-refractivity contribution is 5.98. The van der Waals surface area contributed by atoms with Crippen LogP contribution in [0.1, 0.15) is 55.8 Å². The zero-order chi connectivity index (χ0) is 18.0. The molecule has 9 heteroatoms. The van der Waals surface area contributed by atoms with E-state index in [1.54, 1.807) is 17.2 Å². The molecule has 140 valence electrons. The SMILES string of the molecule is O=C1[C@H]2CCCCN2C(c2nccc3c2OCO3)N1c1nnc(C2CC2)o1. The molecule has 9 nitrogen and oxygen atoms in total. The molecule has 0 bridgehead atoms. The van der Waals surface area contributed by atoms with Crippen molar-refractivity contribution in [3.8, 4) is 11.5 Å². The van der Waals surface area contributed by atoms with Crippen LogP contribution in [-0.4, -0.2) is 45.4 Å². The number of hydrogen-bond acceptors (Lipinski definition) is 8. The maximum absolute atomic E-state index is 13.3. The number of fused-ring (bicyclic) bond motifs is 2. The molecule has 1 unspecified atom stereocenters. The first-order valence-corrected chi connectivity index (χ1v) is 9.48. The lowest BCUT2D eigenvalue weighted by atomic mass is 10.0. The van der Waals surface area contributed by atoms with Crippen molar-refractivity contribution in [1.29, 1.82) is 0 Å². The van der Waals surface area contributed by atoms with Crippen molar-refractivity contribution in [2.45, 2.75) is 50.2 Å². The number of piperidine rings is 1. The monoisotopic (exact) mass is 369 g/mol. The number of aromatic nitrogens is 3. The molecule has 6 rings (SSSR count). The first kappa shape index (κ1) is 15.4. The fourth-order valence-electron chi connectivity index (χ4n) is 4.28. The molecule has 0 aromatic carbocycles. The summed E-state index contributed by atoms with van der Waals surface area (Å²) in [6.07, 6.45) is 6.28. The number of hydrogen-bond donors (Lipinski definition) is 0. The molecule has 0 N–H and O–H groups in total. The van der Waals surface area contributed by atoms with Crippen molar-refractivity contribution in [1.82, 2.24) is 20.1 Å². The maximum atomic E-state index is 13.3. The molecule has 0 radical (unpaired) electrons. The molecule has 27 heavy (non-hydrogen) atoms. The highest BCUT2D eigenvalue weighted by atomic mass is 16.7. The smallest absolute Gasteiger partial charge is 0.326 e. The van der Waals surface area contributed by atoms with E-state index in [9.17, 15) is 4.79 Å². The first-order valence-electron chi connectivity index (χ1n) is 9.48. The molecular weight excluding hydrogens is 350 g/mol. The summed E-state index contributed by atoms with van der Waals surface area (Å²) in [5, 5.41) is 8.37. The van der Waals surface area contributed by atoms with E-state index in [4.69, 9.17) is 13.9 Å². The normalized spacial score (nSPS) is 27.3. The van der Waals surface area contributed by atoms with Crippen molar-refractivity contribution in [3.05, 3.63) is 23.8 Å². The van der Waals surface area contributed by atoms with E-state index in [1.165, 1.54) is 0 Å². The number of rotatable bonds is 3. The molecule has 2 aromatic rings. The Labute approximate surface area is 155 Å². The van der Waals surface area contributed by atoms with E-state index >= 15 is 0 Å². The van der Waals surface area contributed by atoms with Gasteiger partial charge in [0.25, 0.3) is 0 Å². The largest absolute Gasteiger partial charge is 0.453 e. The lowest BCUT2D eigenvalue weighted by Gasteiger charge is -2.32. The standard InChI is InChI=1S/C18H19N5O4/c24-17-11-3-1-2-8-22(11)16(13-14-12(6-7-19-13)25-9-26-14)23(17)18-21-20-15(27-18)10-4-5-10/h6-7,10-11,16H,1-5,8-9H2/t11-,16?/m1/s1. The van der Waals surface area contributed by atoms with Crippen LogP contribution in [0.3, 0.4) is 0 Å². The van der Waals surface area contributed by atoms with Crippen molar-refractivity contribution >= 4 is 11.9 Å². The van der Waals surface area contributed by atoms with Crippen LogP contribution in [0, 0.1) is 0 Å². The van der Waals surface area contributed by atoms with Crippen LogP contribution in [0.25, 0.3) is 0 Å². The summed E-state index contributed by atoms with van der Waals surface area (Å²) in [4.78, 5) is 21.6. The van der Waals surface area contributed by atoms with Crippen LogP contribution < -0.4 is 14.4 Å². The lowest BCUT2D eigenvalue weighted by molar-refractivity contribution is -0.120. The van der Waals surface area contributed by atoms with Gasteiger partial charge in [-0.15, -0.1) is 5.10 Å². The van der Waals surface area contributed by atoms with Gasteiger partial charge in [0, 0.05) is 24.7 Å². The van der Waals surface area contributed by atoms with Crippen LogP contribution in [0.5, 0.6) is 11.5 Å². The highest BCUT2D eigenvalue weighted by Crippen LogP contribution is 2.47. The van der Waals surface area contributed by atoms with Crippen LogP contribution >= 0.6 is 0 Å². The van der Waals surface area contributed by atoms with E-state index in [2.05, 4.69) is 20.1 Å². The van der Waals surface area contributed by atoms with Gasteiger partial charge in [0.2, 0.25) is 18.6 Å². The molecule has 5 heterocycles. The van der Waals surface area contributed by atoms with Gasteiger partial charge in [-0.1, -0.05) is 11.5 Å². The summed E-state index contributed by atoms with van der Waals surface area (Å²) in [5.74, 6) is 2.18. The first-order chi connectivity index (χ1) is 13.3. The van der Waals surface area contributed by atoms with Crippen molar-refractivity contribution < 1.29 is 18.7 Å². The Morgan fingerprint density at radius 1 is 1.11 bits per heavy atom. The molecule has 1 aliphatic carbocycles. The second-order valence-corrected chi connectivity index (χ2v) is 7.46. The second-order valence-electron chi connectivity index (χ2n) is 7.46. The van der Waals surface area contributed by atoms with Crippen molar-refractivity contribution in [2.24, 2.45) is 0 Å². The molecule has 2 aromatic heterocycles. The minimum atomic E-state index is -0.424. The van der Waals surface area contributed by atoms with E-state index in [-0.39, 0.29) is 24.8 Å². The van der Waals surface area contributed by atoms with Crippen LogP contribution in [0.4, 0.5) is 6.01 Å². The van der Waals surface area contributed by atoms with Gasteiger partial charge < -0.3 is 13.9 Å². The number of carbonyl (C=O) groups excluding carboxylic acids is 1. The van der Waals surface area contributed by atoms with Gasteiger partial charge in [-0.05, 0) is 25.7 Å². The minimum Gasteiger partial charge on any atom is -0.453 e. The van der Waals surface area contributed by atoms with Gasteiger partial charge in [-0.3, -0.25) is 14.7 Å². The molecule has 0 spiro atoms. The van der Waals surface area contributed by atoms with Crippen LogP contribution in [0.15, 0.2) is 16.7 Å². The van der Waals surface area contributed by atoms with E-state index in [1.807, 2.05) is 0 Å². The minimum absolute atomic E-state index is 0.0102. The Balaban J connectivity index is 1.47.